The lowest BCUT2D eigenvalue weighted by Gasteiger charge is -2.14. The van der Waals surface area contributed by atoms with Crippen molar-refractivity contribution < 1.29 is 4.92 Å². The summed E-state index contributed by atoms with van der Waals surface area (Å²) in [5.74, 6) is 0. The van der Waals surface area contributed by atoms with Crippen LogP contribution in [0.15, 0.2) is 54.5 Å². The molecule has 0 unspecified atom stereocenters. The topological polar surface area (TPSA) is 120 Å². The normalized spacial score (nSPS) is 11.2. The van der Waals surface area contributed by atoms with Gasteiger partial charge in [0, 0.05) is 28.0 Å². The summed E-state index contributed by atoms with van der Waals surface area (Å²) >= 11 is 19.9. The van der Waals surface area contributed by atoms with E-state index in [9.17, 15) is 24.5 Å². The molecule has 2 aromatic carbocycles. The summed E-state index contributed by atoms with van der Waals surface area (Å²) < 4.78 is 1.65. The minimum atomic E-state index is -0.933. The van der Waals surface area contributed by atoms with Crippen molar-refractivity contribution in [3.63, 3.8) is 0 Å². The van der Waals surface area contributed by atoms with Gasteiger partial charge in [-0.1, -0.05) is 46.6 Å². The lowest BCUT2D eigenvalue weighted by molar-refractivity contribution is -0.384. The summed E-state index contributed by atoms with van der Waals surface area (Å²) in [6, 6.07) is 6.15. The lowest BCUT2D eigenvalue weighted by Crippen LogP contribution is -2.49. The fourth-order valence-electron chi connectivity index (χ4n) is 2.74. The molecule has 0 atom stereocenters. The Bertz CT molecular complexity index is 1360. The summed E-state index contributed by atoms with van der Waals surface area (Å²) in [5.41, 5.74) is -2.69. The standard InChI is InChI=1S/C18H13Cl3N4O5S/c1-8(2)23-16(26)22-17(27)24(18(23)28)10-6-12(20)15(13(21)7-10)31-14-4-3-9(25(29)30)5-11(14)19/h3-8H,1-2H3,(H,22,26,27). The Morgan fingerprint density at radius 2 is 1.61 bits per heavy atom. The molecule has 0 spiro atoms. The molecule has 0 aliphatic carbocycles. The highest BCUT2D eigenvalue weighted by Crippen LogP contribution is 2.42. The second-order valence-electron chi connectivity index (χ2n) is 6.53. The molecule has 0 saturated heterocycles. The quantitative estimate of drug-likeness (QED) is 0.410. The molecule has 1 aromatic heterocycles. The van der Waals surface area contributed by atoms with Gasteiger partial charge in [-0.2, -0.15) is 0 Å². The minimum absolute atomic E-state index is 0.0646. The Balaban J connectivity index is 2.10. The molecule has 0 aliphatic heterocycles. The number of aromatic nitrogens is 3. The molecule has 0 radical (unpaired) electrons. The second-order valence-corrected chi connectivity index (χ2v) is 8.80. The van der Waals surface area contributed by atoms with Crippen molar-refractivity contribution in [3.8, 4) is 5.69 Å². The summed E-state index contributed by atoms with van der Waals surface area (Å²) in [5, 5.41) is 11.2. The first-order chi connectivity index (χ1) is 14.5. The third-order valence-electron chi connectivity index (χ3n) is 4.13. The Morgan fingerprint density at radius 1 is 1.00 bits per heavy atom. The van der Waals surface area contributed by atoms with E-state index in [0.717, 1.165) is 20.9 Å². The molecule has 3 rings (SSSR count). The van der Waals surface area contributed by atoms with Crippen LogP contribution in [0.3, 0.4) is 0 Å². The van der Waals surface area contributed by atoms with E-state index in [0.29, 0.717) is 9.79 Å². The van der Waals surface area contributed by atoms with Gasteiger partial charge in [0.25, 0.3) is 5.69 Å². The number of nitrogens with one attached hydrogen (secondary N) is 1. The molecular formula is C18H13Cl3N4O5S. The van der Waals surface area contributed by atoms with Crippen molar-refractivity contribution in [2.75, 3.05) is 0 Å². The van der Waals surface area contributed by atoms with Crippen LogP contribution in [0.1, 0.15) is 19.9 Å². The first kappa shape index (κ1) is 23.1. The van der Waals surface area contributed by atoms with Crippen molar-refractivity contribution in [2.45, 2.75) is 29.7 Å². The Kier molecular flexibility index (Phi) is 6.65. The van der Waals surface area contributed by atoms with Crippen LogP contribution in [-0.4, -0.2) is 19.0 Å². The molecule has 0 aliphatic rings. The molecule has 13 heteroatoms. The molecule has 3 aromatic rings. The molecule has 0 amide bonds. The molecular weight excluding hydrogens is 491 g/mol. The van der Waals surface area contributed by atoms with E-state index in [4.69, 9.17) is 34.8 Å². The van der Waals surface area contributed by atoms with Gasteiger partial charge in [-0.25, -0.2) is 23.5 Å². The molecule has 0 saturated carbocycles. The SMILES string of the molecule is CC(C)n1c(=O)[nH]c(=O)n(-c2cc(Cl)c(Sc3ccc([N+](=O)[O-])cc3Cl)c(Cl)c2)c1=O. The van der Waals surface area contributed by atoms with E-state index in [1.54, 1.807) is 13.8 Å². The molecule has 162 valence electrons. The highest BCUT2D eigenvalue weighted by atomic mass is 35.5. The monoisotopic (exact) mass is 502 g/mol. The van der Waals surface area contributed by atoms with Crippen molar-refractivity contribution in [3.05, 3.63) is 87.0 Å². The maximum absolute atomic E-state index is 12.7. The third-order valence-corrected chi connectivity index (χ3v) is 6.59. The van der Waals surface area contributed by atoms with Crippen molar-refractivity contribution >= 4 is 52.3 Å². The molecule has 0 fully saturated rings. The van der Waals surface area contributed by atoms with Gasteiger partial charge >= 0.3 is 17.1 Å². The maximum atomic E-state index is 12.7. The zero-order valence-corrected chi connectivity index (χ0v) is 19.0. The van der Waals surface area contributed by atoms with Crippen molar-refractivity contribution in [1.29, 1.82) is 0 Å². The third kappa shape index (κ3) is 4.57. The first-order valence-electron chi connectivity index (χ1n) is 8.60. The smallest absolute Gasteiger partial charge is 0.258 e. The Labute approximate surface area is 193 Å². The van der Waals surface area contributed by atoms with Crippen LogP contribution in [0, 0.1) is 10.1 Å². The van der Waals surface area contributed by atoms with Crippen LogP contribution in [0.2, 0.25) is 15.1 Å². The van der Waals surface area contributed by atoms with E-state index < -0.39 is 28.0 Å². The van der Waals surface area contributed by atoms with Crippen molar-refractivity contribution in [2.24, 2.45) is 0 Å². The van der Waals surface area contributed by atoms with Gasteiger partial charge in [-0.3, -0.25) is 15.1 Å². The lowest BCUT2D eigenvalue weighted by atomic mass is 10.3. The Hall–Kier alpha value is -2.53. The number of nitro benzene ring substituents is 1. The van der Waals surface area contributed by atoms with Crippen LogP contribution >= 0.6 is 46.6 Å². The van der Waals surface area contributed by atoms with Crippen LogP contribution in [-0.2, 0) is 0 Å². The maximum Gasteiger partial charge on any atom is 0.341 e. The Morgan fingerprint density at radius 3 is 2.13 bits per heavy atom. The van der Waals surface area contributed by atoms with E-state index in [1.165, 1.54) is 30.3 Å². The minimum Gasteiger partial charge on any atom is -0.258 e. The first-order valence-corrected chi connectivity index (χ1v) is 10.6. The number of rotatable bonds is 5. The fraction of sp³-hybridized carbons (Fsp3) is 0.167. The molecule has 9 nitrogen and oxygen atoms in total. The number of hydrogen-bond acceptors (Lipinski definition) is 6. The predicted octanol–water partition coefficient (Wildman–Crippen LogP) is 4.29. The van der Waals surface area contributed by atoms with Gasteiger partial charge in [0.05, 0.1) is 25.7 Å². The number of hydrogen-bond donors (Lipinski definition) is 1. The highest BCUT2D eigenvalue weighted by molar-refractivity contribution is 7.99. The number of benzene rings is 2. The molecule has 1 N–H and O–H groups in total. The van der Waals surface area contributed by atoms with Gasteiger partial charge in [0.2, 0.25) is 0 Å². The number of nitrogens with zero attached hydrogens (tertiary/aromatic N) is 3. The molecule has 1 heterocycles. The van der Waals surface area contributed by atoms with Gasteiger partial charge in [0.15, 0.2) is 0 Å². The van der Waals surface area contributed by atoms with E-state index in [-0.39, 0.29) is 26.4 Å². The van der Waals surface area contributed by atoms with Crippen LogP contribution in [0.25, 0.3) is 5.69 Å². The summed E-state index contributed by atoms with van der Waals surface area (Å²) in [7, 11) is 0. The van der Waals surface area contributed by atoms with Crippen LogP contribution < -0.4 is 17.1 Å². The van der Waals surface area contributed by atoms with Crippen LogP contribution in [0.4, 0.5) is 5.69 Å². The number of nitro groups is 1. The zero-order valence-electron chi connectivity index (χ0n) is 15.9. The molecule has 0 bridgehead atoms. The van der Waals surface area contributed by atoms with Gasteiger partial charge in [-0.15, -0.1) is 0 Å². The number of non-ortho nitro benzene ring substituents is 1. The van der Waals surface area contributed by atoms with E-state index in [1.807, 2.05) is 0 Å². The molecule has 31 heavy (non-hydrogen) atoms. The number of aromatic amines is 1. The van der Waals surface area contributed by atoms with Crippen LogP contribution in [0.5, 0.6) is 0 Å². The summed E-state index contributed by atoms with van der Waals surface area (Å²) in [6.45, 7) is 3.25. The average Bonchev–Trinajstić information content (AvgIpc) is 2.64. The van der Waals surface area contributed by atoms with Gasteiger partial charge in [0.1, 0.15) is 0 Å². The van der Waals surface area contributed by atoms with Crippen molar-refractivity contribution in [1.82, 2.24) is 14.1 Å². The largest absolute Gasteiger partial charge is 0.341 e. The highest BCUT2D eigenvalue weighted by Gasteiger charge is 2.18. The summed E-state index contributed by atoms with van der Waals surface area (Å²) in [6.07, 6.45) is 0. The van der Waals surface area contributed by atoms with Gasteiger partial charge < -0.3 is 0 Å². The van der Waals surface area contributed by atoms with E-state index in [2.05, 4.69) is 4.98 Å². The fourth-order valence-corrected chi connectivity index (χ4v) is 4.56. The number of H-pyrrole nitrogens is 1. The predicted molar refractivity (Wildman–Crippen MR) is 120 cm³/mol. The number of halogens is 3. The average molecular weight is 504 g/mol. The second kappa shape index (κ2) is 8.91. The summed E-state index contributed by atoms with van der Waals surface area (Å²) in [4.78, 5) is 50.2. The zero-order chi connectivity index (χ0) is 23.0. The van der Waals surface area contributed by atoms with E-state index >= 15 is 0 Å². The van der Waals surface area contributed by atoms with Gasteiger partial charge in [-0.05, 0) is 32.0 Å².